The fourth-order valence-electron chi connectivity index (χ4n) is 3.30. The summed E-state index contributed by atoms with van der Waals surface area (Å²) in [5.41, 5.74) is 0.937. The first-order valence-electron chi connectivity index (χ1n) is 7.09. The van der Waals surface area contributed by atoms with Crippen molar-refractivity contribution in [3.8, 4) is 0 Å². The molecule has 3 rings (SSSR count). The minimum absolute atomic E-state index is 0.240. The molecule has 0 saturated carbocycles. The van der Waals surface area contributed by atoms with E-state index in [1.165, 1.54) is 0 Å². The van der Waals surface area contributed by atoms with Crippen molar-refractivity contribution in [3.63, 3.8) is 0 Å². The maximum absolute atomic E-state index is 12.3. The highest BCUT2D eigenvalue weighted by Crippen LogP contribution is 2.31. The molecule has 2 aliphatic heterocycles. The van der Waals surface area contributed by atoms with Crippen molar-refractivity contribution in [2.75, 3.05) is 13.1 Å². The fourth-order valence-corrected chi connectivity index (χ4v) is 3.68. The van der Waals surface area contributed by atoms with Crippen LogP contribution in [0.3, 0.4) is 0 Å². The van der Waals surface area contributed by atoms with Gasteiger partial charge in [-0.2, -0.15) is 0 Å². The van der Waals surface area contributed by atoms with Crippen LogP contribution >= 0.6 is 23.2 Å². The molecule has 2 saturated heterocycles. The van der Waals surface area contributed by atoms with Gasteiger partial charge < -0.3 is 10.2 Å². The summed E-state index contributed by atoms with van der Waals surface area (Å²) in [6.45, 7) is 2.56. The first-order valence-corrected chi connectivity index (χ1v) is 7.85. The first kappa shape index (κ1) is 14.2. The van der Waals surface area contributed by atoms with Crippen molar-refractivity contribution in [1.82, 2.24) is 10.2 Å². The van der Waals surface area contributed by atoms with Gasteiger partial charge in [-0.05, 0) is 55.6 Å². The van der Waals surface area contributed by atoms with Crippen LogP contribution in [0.15, 0.2) is 18.2 Å². The van der Waals surface area contributed by atoms with E-state index in [0.717, 1.165) is 31.5 Å². The van der Waals surface area contributed by atoms with Gasteiger partial charge >= 0.3 is 0 Å². The lowest BCUT2D eigenvalue weighted by Gasteiger charge is -2.44. The van der Waals surface area contributed by atoms with Crippen LogP contribution < -0.4 is 5.32 Å². The summed E-state index contributed by atoms with van der Waals surface area (Å²) in [6, 6.07) is 5.78. The molecule has 3 nitrogen and oxygen atoms in total. The van der Waals surface area contributed by atoms with Crippen LogP contribution in [0.4, 0.5) is 0 Å². The van der Waals surface area contributed by atoms with E-state index in [9.17, 15) is 4.79 Å². The molecular weight excluding hydrogens is 295 g/mol. The number of piperidine rings is 2. The third kappa shape index (κ3) is 2.80. The average Bonchev–Trinajstić information content (AvgIpc) is 2.46. The highest BCUT2D eigenvalue weighted by atomic mass is 35.5. The van der Waals surface area contributed by atoms with Crippen LogP contribution in [0.5, 0.6) is 0 Å². The quantitative estimate of drug-likeness (QED) is 0.910. The molecule has 2 atom stereocenters. The Morgan fingerprint density at radius 2 is 2.15 bits per heavy atom. The number of hydrogen-bond donors (Lipinski definition) is 1. The molecule has 108 valence electrons. The minimum atomic E-state index is 0.240. The van der Waals surface area contributed by atoms with Gasteiger partial charge in [0.15, 0.2) is 0 Å². The molecule has 1 amide bonds. The van der Waals surface area contributed by atoms with Gasteiger partial charge in [-0.25, -0.2) is 0 Å². The van der Waals surface area contributed by atoms with Gasteiger partial charge in [-0.15, -0.1) is 0 Å². The Balaban J connectivity index is 1.83. The minimum Gasteiger partial charge on any atom is -0.335 e. The zero-order valence-corrected chi connectivity index (χ0v) is 12.8. The van der Waals surface area contributed by atoms with Gasteiger partial charge in [0.1, 0.15) is 0 Å². The average molecular weight is 313 g/mol. The third-order valence-corrected chi connectivity index (χ3v) is 4.97. The van der Waals surface area contributed by atoms with Crippen LogP contribution in [-0.2, 0) is 11.3 Å². The summed E-state index contributed by atoms with van der Waals surface area (Å²) in [5.74, 6) is 0.809. The van der Waals surface area contributed by atoms with Crippen molar-refractivity contribution in [1.29, 1.82) is 0 Å². The number of nitrogens with zero attached hydrogens (tertiary/aromatic N) is 1. The predicted octanol–water partition coefficient (Wildman–Crippen LogP) is 3.09. The van der Waals surface area contributed by atoms with E-state index < -0.39 is 0 Å². The van der Waals surface area contributed by atoms with E-state index in [1.54, 1.807) is 12.1 Å². The molecule has 0 radical (unpaired) electrons. The molecule has 1 aromatic carbocycles. The number of halogens is 2. The molecule has 2 fully saturated rings. The van der Waals surface area contributed by atoms with Crippen LogP contribution in [0.25, 0.3) is 0 Å². The lowest BCUT2D eigenvalue weighted by atomic mass is 9.84. The zero-order valence-electron chi connectivity index (χ0n) is 11.2. The number of hydrogen-bond acceptors (Lipinski definition) is 2. The fraction of sp³-hybridized carbons (Fsp3) is 0.533. The summed E-state index contributed by atoms with van der Waals surface area (Å²) in [5, 5.41) is 4.76. The molecular formula is C15H18Cl2N2O. The Hall–Kier alpha value is -0.770. The number of carbonyl (C=O) groups excluding carboxylic acids is 1. The smallest absolute Gasteiger partial charge is 0.223 e. The normalized spacial score (nSPS) is 26.5. The number of likely N-dealkylation sites (tertiary alicyclic amines) is 1. The van der Waals surface area contributed by atoms with Gasteiger partial charge in [0.2, 0.25) is 5.91 Å². The summed E-state index contributed by atoms with van der Waals surface area (Å²) in [7, 11) is 0. The molecule has 0 spiro atoms. The third-order valence-electron chi connectivity index (χ3n) is 4.37. The Labute approximate surface area is 129 Å². The second-order valence-corrected chi connectivity index (χ2v) is 6.46. The molecule has 2 aliphatic rings. The highest BCUT2D eigenvalue weighted by Gasteiger charge is 2.37. The van der Waals surface area contributed by atoms with E-state index in [-0.39, 0.29) is 5.91 Å². The Bertz CT molecular complexity index is 521. The monoisotopic (exact) mass is 312 g/mol. The summed E-state index contributed by atoms with van der Waals surface area (Å²) >= 11 is 12.3. The van der Waals surface area contributed by atoms with Crippen molar-refractivity contribution in [2.24, 2.45) is 5.92 Å². The molecule has 0 bridgehead atoms. The molecule has 2 heterocycles. The van der Waals surface area contributed by atoms with E-state index in [2.05, 4.69) is 5.32 Å². The number of rotatable bonds is 2. The standard InChI is InChI=1S/C15H18Cl2N2O/c16-12-2-3-13(17)11(7-12)9-19-14-5-6-18-8-10(14)1-4-15(19)20/h2-3,7,10,14,18H,1,4-6,8-9H2. The van der Waals surface area contributed by atoms with Gasteiger partial charge in [0.05, 0.1) is 0 Å². The maximum atomic E-state index is 12.3. The Morgan fingerprint density at radius 1 is 1.30 bits per heavy atom. The number of fused-ring (bicyclic) bond motifs is 1. The van der Waals surface area contributed by atoms with E-state index in [4.69, 9.17) is 23.2 Å². The molecule has 5 heteroatoms. The molecule has 20 heavy (non-hydrogen) atoms. The summed E-state index contributed by atoms with van der Waals surface area (Å²) < 4.78 is 0. The van der Waals surface area contributed by atoms with E-state index in [1.807, 2.05) is 11.0 Å². The largest absolute Gasteiger partial charge is 0.335 e. The van der Waals surface area contributed by atoms with E-state index in [0.29, 0.717) is 35.0 Å². The van der Waals surface area contributed by atoms with Crippen LogP contribution in [0.1, 0.15) is 24.8 Å². The van der Waals surface area contributed by atoms with E-state index >= 15 is 0 Å². The highest BCUT2D eigenvalue weighted by molar-refractivity contribution is 6.33. The zero-order chi connectivity index (χ0) is 14.1. The molecule has 1 aromatic rings. The van der Waals surface area contributed by atoms with Crippen molar-refractivity contribution in [3.05, 3.63) is 33.8 Å². The number of nitrogens with one attached hydrogen (secondary N) is 1. The lowest BCUT2D eigenvalue weighted by molar-refractivity contribution is -0.140. The maximum Gasteiger partial charge on any atom is 0.223 e. The molecule has 0 aliphatic carbocycles. The SMILES string of the molecule is O=C1CCC2CNCCC2N1Cc1cc(Cl)ccc1Cl. The van der Waals surface area contributed by atoms with Gasteiger partial charge in [0, 0.05) is 29.1 Å². The second-order valence-electron chi connectivity index (χ2n) is 5.62. The van der Waals surface area contributed by atoms with Crippen molar-refractivity contribution >= 4 is 29.1 Å². The van der Waals surface area contributed by atoms with Crippen LogP contribution in [-0.4, -0.2) is 29.9 Å². The number of benzene rings is 1. The predicted molar refractivity (Wildman–Crippen MR) is 81.0 cm³/mol. The molecule has 2 unspecified atom stereocenters. The Kier molecular flexibility index (Phi) is 4.20. The second kappa shape index (κ2) is 5.92. The van der Waals surface area contributed by atoms with Crippen molar-refractivity contribution < 1.29 is 4.79 Å². The van der Waals surface area contributed by atoms with Gasteiger partial charge in [-0.1, -0.05) is 23.2 Å². The summed E-state index contributed by atoms with van der Waals surface area (Å²) in [6.07, 6.45) is 2.66. The molecule has 1 N–H and O–H groups in total. The van der Waals surface area contributed by atoms with Crippen LogP contribution in [0, 0.1) is 5.92 Å². The first-order chi connectivity index (χ1) is 9.65. The number of carbonyl (C=O) groups is 1. The summed E-state index contributed by atoms with van der Waals surface area (Å²) in [4.78, 5) is 14.3. The Morgan fingerprint density at radius 3 is 3.00 bits per heavy atom. The van der Waals surface area contributed by atoms with Crippen LogP contribution in [0.2, 0.25) is 10.0 Å². The lowest BCUT2D eigenvalue weighted by Crippen LogP contribution is -2.54. The van der Waals surface area contributed by atoms with Crippen molar-refractivity contribution in [2.45, 2.75) is 31.8 Å². The molecule has 0 aromatic heterocycles. The number of amides is 1. The van der Waals surface area contributed by atoms with Gasteiger partial charge in [-0.3, -0.25) is 4.79 Å². The topological polar surface area (TPSA) is 32.3 Å². The van der Waals surface area contributed by atoms with Gasteiger partial charge in [0.25, 0.3) is 0 Å².